The zero-order valence-electron chi connectivity index (χ0n) is 12.7. The summed E-state index contributed by atoms with van der Waals surface area (Å²) in [6.45, 7) is 2.81. The molecule has 0 saturated heterocycles. The van der Waals surface area contributed by atoms with E-state index in [0.29, 0.717) is 11.4 Å². The Morgan fingerprint density at radius 3 is 1.67 bits per heavy atom. The van der Waals surface area contributed by atoms with Crippen molar-refractivity contribution < 1.29 is 9.59 Å². The monoisotopic (exact) mass is 360 g/mol. The molecule has 3 rings (SSSR count). The molecule has 0 unspecified atom stereocenters. The fourth-order valence-corrected chi connectivity index (χ4v) is 3.34. The number of Topliss-reactive ketones (excluding diaryl/α,β-unsaturated/α-hetero) is 2. The van der Waals surface area contributed by atoms with Crippen LogP contribution in [0.15, 0.2) is 24.3 Å². The van der Waals surface area contributed by atoms with Crippen LogP contribution in [0.2, 0.25) is 0 Å². The Morgan fingerprint density at radius 2 is 1.33 bits per heavy atom. The second-order valence-corrected chi connectivity index (χ2v) is 6.84. The molecule has 3 aromatic rings. The standard InChI is InChI=1S/C14H12N6O2S2/c1-7(21)11-17-19(13(15)23-11)9-4-3-5-10(6-9)20-14(16)24-12(18-20)8(2)22/h3-6,15-16H,1-2H3. The number of carbonyl (C=O) groups excluding carboxylic acids is 2. The van der Waals surface area contributed by atoms with E-state index in [1.54, 1.807) is 24.3 Å². The zero-order chi connectivity index (χ0) is 17.4. The van der Waals surface area contributed by atoms with E-state index < -0.39 is 0 Å². The van der Waals surface area contributed by atoms with Gasteiger partial charge in [-0.1, -0.05) is 28.7 Å². The maximum Gasteiger partial charge on any atom is 0.205 e. The summed E-state index contributed by atoms with van der Waals surface area (Å²) >= 11 is 1.99. The number of nitrogens with one attached hydrogen (secondary N) is 2. The average Bonchev–Trinajstić information content (AvgIpc) is 3.11. The number of hydrogen-bond donors (Lipinski definition) is 2. The first-order valence-corrected chi connectivity index (χ1v) is 8.42. The second-order valence-electron chi connectivity index (χ2n) is 4.88. The summed E-state index contributed by atoms with van der Waals surface area (Å²) in [6.07, 6.45) is 0. The predicted octanol–water partition coefficient (Wildman–Crippen LogP) is 1.55. The Hall–Kier alpha value is -2.72. The van der Waals surface area contributed by atoms with E-state index in [0.717, 1.165) is 22.7 Å². The molecule has 0 aliphatic heterocycles. The van der Waals surface area contributed by atoms with Gasteiger partial charge in [-0.15, -0.1) is 0 Å². The number of carbonyl (C=O) groups is 2. The lowest BCUT2D eigenvalue weighted by Crippen LogP contribution is -2.15. The van der Waals surface area contributed by atoms with Gasteiger partial charge in [0.1, 0.15) is 0 Å². The van der Waals surface area contributed by atoms with Crippen LogP contribution in [0.1, 0.15) is 33.5 Å². The Balaban J connectivity index is 2.11. The maximum atomic E-state index is 11.4. The lowest BCUT2D eigenvalue weighted by molar-refractivity contribution is 0.100. The number of benzene rings is 1. The van der Waals surface area contributed by atoms with Gasteiger partial charge in [-0.05, 0) is 18.2 Å². The van der Waals surface area contributed by atoms with Crippen LogP contribution in [0.4, 0.5) is 0 Å². The van der Waals surface area contributed by atoms with Gasteiger partial charge in [0.2, 0.25) is 9.60 Å². The van der Waals surface area contributed by atoms with Gasteiger partial charge in [-0.3, -0.25) is 20.4 Å². The van der Waals surface area contributed by atoms with Gasteiger partial charge in [-0.2, -0.15) is 10.2 Å². The van der Waals surface area contributed by atoms with Gasteiger partial charge < -0.3 is 0 Å². The third-order valence-corrected chi connectivity index (χ3v) is 4.93. The molecule has 24 heavy (non-hydrogen) atoms. The van der Waals surface area contributed by atoms with Crippen molar-refractivity contribution >= 4 is 34.2 Å². The molecule has 0 bridgehead atoms. The van der Waals surface area contributed by atoms with Gasteiger partial charge in [0.25, 0.3) is 0 Å². The lowest BCUT2D eigenvalue weighted by atomic mass is 10.3. The number of rotatable bonds is 4. The van der Waals surface area contributed by atoms with Gasteiger partial charge >= 0.3 is 0 Å². The van der Waals surface area contributed by atoms with Gasteiger partial charge in [-0.25, -0.2) is 9.36 Å². The molecule has 10 heteroatoms. The number of hydrogen-bond acceptors (Lipinski definition) is 8. The first kappa shape index (κ1) is 16.1. The Kier molecular flexibility index (Phi) is 4.08. The Bertz CT molecular complexity index is 990. The normalized spacial score (nSPS) is 10.8. The number of nitrogens with zero attached hydrogens (tertiary/aromatic N) is 4. The number of ketones is 2. The summed E-state index contributed by atoms with van der Waals surface area (Å²) in [4.78, 5) is 23.1. The van der Waals surface area contributed by atoms with Gasteiger partial charge in [0.05, 0.1) is 11.4 Å². The SMILES string of the molecule is CC(=O)c1nn(-c2cccc(-n3nc(C(C)=O)sc3=N)c2)c(=N)s1. The fraction of sp³-hybridized carbons (Fsp3) is 0.143. The summed E-state index contributed by atoms with van der Waals surface area (Å²) in [7, 11) is 0. The van der Waals surface area contributed by atoms with Crippen molar-refractivity contribution in [2.24, 2.45) is 0 Å². The highest BCUT2D eigenvalue weighted by molar-refractivity contribution is 7.11. The van der Waals surface area contributed by atoms with E-state index in [1.807, 2.05) is 0 Å². The quantitative estimate of drug-likeness (QED) is 0.686. The molecule has 0 amide bonds. The summed E-state index contributed by atoms with van der Waals surface area (Å²) in [5, 5.41) is 24.7. The zero-order valence-corrected chi connectivity index (χ0v) is 14.4. The molecule has 0 saturated carbocycles. The fourth-order valence-electron chi connectivity index (χ4n) is 1.97. The van der Waals surface area contributed by atoms with E-state index >= 15 is 0 Å². The summed E-state index contributed by atoms with van der Waals surface area (Å²) in [5.41, 5.74) is 1.15. The molecule has 1 aromatic carbocycles. The van der Waals surface area contributed by atoms with Crippen molar-refractivity contribution in [2.45, 2.75) is 13.8 Å². The van der Waals surface area contributed by atoms with Gasteiger partial charge in [0.15, 0.2) is 21.6 Å². The first-order chi connectivity index (χ1) is 11.4. The van der Waals surface area contributed by atoms with Crippen LogP contribution >= 0.6 is 22.7 Å². The van der Waals surface area contributed by atoms with Crippen molar-refractivity contribution in [3.63, 3.8) is 0 Å². The maximum absolute atomic E-state index is 11.4. The Morgan fingerprint density at radius 1 is 0.917 bits per heavy atom. The molecule has 0 radical (unpaired) electrons. The molecular weight excluding hydrogens is 348 g/mol. The molecule has 0 atom stereocenters. The molecule has 2 heterocycles. The van der Waals surface area contributed by atoms with Crippen LogP contribution in [0.25, 0.3) is 11.4 Å². The smallest absolute Gasteiger partial charge is 0.205 e. The molecule has 0 fully saturated rings. The van der Waals surface area contributed by atoms with E-state index in [1.165, 1.54) is 23.2 Å². The number of aromatic nitrogens is 4. The van der Waals surface area contributed by atoms with Crippen LogP contribution in [0.5, 0.6) is 0 Å². The third-order valence-electron chi connectivity index (χ3n) is 3.07. The average molecular weight is 360 g/mol. The van der Waals surface area contributed by atoms with E-state index in [-0.39, 0.29) is 31.2 Å². The molecule has 0 spiro atoms. The molecule has 2 N–H and O–H groups in total. The summed E-state index contributed by atoms with van der Waals surface area (Å²) in [5.74, 6) is -0.395. The van der Waals surface area contributed by atoms with Gasteiger partial charge in [0, 0.05) is 13.8 Å². The van der Waals surface area contributed by atoms with Crippen molar-refractivity contribution in [1.82, 2.24) is 19.6 Å². The molecule has 8 nitrogen and oxygen atoms in total. The highest BCUT2D eigenvalue weighted by Crippen LogP contribution is 2.13. The molecular formula is C14H12N6O2S2. The minimum atomic E-state index is -0.197. The molecule has 2 aromatic heterocycles. The molecule has 122 valence electrons. The highest BCUT2D eigenvalue weighted by atomic mass is 32.1. The predicted molar refractivity (Wildman–Crippen MR) is 88.2 cm³/mol. The largest absolute Gasteiger partial charge is 0.292 e. The van der Waals surface area contributed by atoms with Crippen LogP contribution in [-0.4, -0.2) is 31.1 Å². The summed E-state index contributed by atoms with van der Waals surface area (Å²) < 4.78 is 2.71. The molecule has 0 aliphatic carbocycles. The van der Waals surface area contributed by atoms with Crippen molar-refractivity contribution in [2.75, 3.05) is 0 Å². The van der Waals surface area contributed by atoms with Crippen LogP contribution in [0.3, 0.4) is 0 Å². The van der Waals surface area contributed by atoms with Crippen molar-refractivity contribution in [3.8, 4) is 11.4 Å². The molecule has 0 aliphatic rings. The summed E-state index contributed by atoms with van der Waals surface area (Å²) in [6, 6.07) is 6.92. The van der Waals surface area contributed by atoms with Crippen molar-refractivity contribution in [1.29, 1.82) is 10.8 Å². The van der Waals surface area contributed by atoms with Crippen LogP contribution in [0, 0.1) is 10.8 Å². The van der Waals surface area contributed by atoms with Crippen LogP contribution < -0.4 is 9.60 Å². The van der Waals surface area contributed by atoms with E-state index in [2.05, 4.69) is 10.2 Å². The Labute approximate surface area is 143 Å². The highest BCUT2D eigenvalue weighted by Gasteiger charge is 2.12. The van der Waals surface area contributed by atoms with E-state index in [9.17, 15) is 9.59 Å². The lowest BCUT2D eigenvalue weighted by Gasteiger charge is -2.04. The first-order valence-electron chi connectivity index (χ1n) is 6.79. The second kappa shape index (κ2) is 6.06. The third kappa shape index (κ3) is 2.88. The minimum absolute atomic E-state index is 0.121. The van der Waals surface area contributed by atoms with Crippen LogP contribution in [-0.2, 0) is 0 Å². The topological polar surface area (TPSA) is 117 Å². The van der Waals surface area contributed by atoms with Crippen molar-refractivity contribution in [3.05, 3.63) is 43.9 Å². The van der Waals surface area contributed by atoms with E-state index in [4.69, 9.17) is 10.8 Å². The minimum Gasteiger partial charge on any atom is -0.292 e.